The second-order valence-electron chi connectivity index (χ2n) is 2.41. The molecule has 0 saturated heterocycles. The molecule has 0 rings (SSSR count). The highest BCUT2D eigenvalue weighted by molar-refractivity contribution is 6.31. The molecule has 0 spiro atoms. The zero-order valence-electron chi connectivity index (χ0n) is 7.28. The van der Waals surface area contributed by atoms with Crippen molar-refractivity contribution in [3.05, 3.63) is 0 Å². The van der Waals surface area contributed by atoms with Gasteiger partial charge >= 0.3 is 11.9 Å². The van der Waals surface area contributed by atoms with Gasteiger partial charge in [0.25, 0.3) is 0 Å². The van der Waals surface area contributed by atoms with Gasteiger partial charge in [0.1, 0.15) is 0 Å². The number of unbranched alkanes of at least 4 members (excludes halogenated alkanes) is 2. The molecule has 4 N–H and O–H groups in total. The molecule has 0 saturated carbocycles. The van der Waals surface area contributed by atoms with Crippen molar-refractivity contribution in [3.8, 4) is 0 Å². The molecule has 0 aromatic rings. The van der Waals surface area contributed by atoms with E-state index < -0.39 is 11.9 Å². The van der Waals surface area contributed by atoms with Crippen molar-refractivity contribution in [2.45, 2.75) is 19.3 Å². The van der Waals surface area contributed by atoms with Crippen LogP contribution in [0.25, 0.3) is 0 Å². The fourth-order valence-electron chi connectivity index (χ4n) is 0.724. The molecule has 6 heteroatoms. The van der Waals surface area contributed by atoms with Gasteiger partial charge in [0.05, 0.1) is 0 Å². The standard InChI is InChI=1S/C7H14N2O3.ClH/c8-4-2-1-3-5-9-6(10)7(11)12;/h1-5,8H2,(H,9,10)(H,11,12);1H. The maximum Gasteiger partial charge on any atom is 0.394 e. The van der Waals surface area contributed by atoms with Crippen LogP contribution in [-0.4, -0.2) is 30.1 Å². The smallest absolute Gasteiger partial charge is 0.394 e. The summed E-state index contributed by atoms with van der Waals surface area (Å²) in [4.78, 5) is 20.4. The molecular weight excluding hydrogens is 196 g/mol. The van der Waals surface area contributed by atoms with Crippen molar-refractivity contribution in [2.24, 2.45) is 5.73 Å². The van der Waals surface area contributed by atoms with Crippen LogP contribution in [0.2, 0.25) is 0 Å². The van der Waals surface area contributed by atoms with Gasteiger partial charge < -0.3 is 16.2 Å². The number of rotatable bonds is 5. The Balaban J connectivity index is 0. The van der Waals surface area contributed by atoms with E-state index in [1.165, 1.54) is 0 Å². The maximum absolute atomic E-state index is 10.4. The van der Waals surface area contributed by atoms with Crippen molar-refractivity contribution in [1.82, 2.24) is 5.32 Å². The summed E-state index contributed by atoms with van der Waals surface area (Å²) in [6.45, 7) is 1.04. The van der Waals surface area contributed by atoms with Crippen LogP contribution < -0.4 is 11.1 Å². The van der Waals surface area contributed by atoms with Crippen molar-refractivity contribution < 1.29 is 14.7 Å². The zero-order valence-corrected chi connectivity index (χ0v) is 8.10. The van der Waals surface area contributed by atoms with E-state index in [9.17, 15) is 9.59 Å². The first kappa shape index (κ1) is 14.7. The molecule has 0 aliphatic carbocycles. The summed E-state index contributed by atoms with van der Waals surface area (Å²) >= 11 is 0. The molecule has 0 bridgehead atoms. The van der Waals surface area contributed by atoms with Gasteiger partial charge in [-0.2, -0.15) is 0 Å². The highest BCUT2D eigenvalue weighted by Crippen LogP contribution is 1.90. The summed E-state index contributed by atoms with van der Waals surface area (Å²) in [5, 5.41) is 10.4. The lowest BCUT2D eigenvalue weighted by molar-refractivity contribution is -0.150. The Labute approximate surface area is 83.1 Å². The third-order valence-corrected chi connectivity index (χ3v) is 1.36. The minimum absolute atomic E-state index is 0. The average Bonchev–Trinajstić information content (AvgIpc) is 2.03. The molecule has 0 aromatic carbocycles. The molecule has 0 aliphatic heterocycles. The molecule has 13 heavy (non-hydrogen) atoms. The molecule has 1 amide bonds. The van der Waals surface area contributed by atoms with E-state index in [1.807, 2.05) is 0 Å². The van der Waals surface area contributed by atoms with Gasteiger partial charge in [0.15, 0.2) is 0 Å². The topological polar surface area (TPSA) is 92.4 Å². The average molecular weight is 211 g/mol. The minimum Gasteiger partial charge on any atom is -0.474 e. The van der Waals surface area contributed by atoms with Crippen LogP contribution in [0.15, 0.2) is 0 Å². The summed E-state index contributed by atoms with van der Waals surface area (Å²) < 4.78 is 0. The van der Waals surface area contributed by atoms with Crippen molar-refractivity contribution >= 4 is 24.3 Å². The normalized spacial score (nSPS) is 8.69. The fourth-order valence-corrected chi connectivity index (χ4v) is 0.724. The molecule has 0 aromatic heterocycles. The summed E-state index contributed by atoms with van der Waals surface area (Å²) in [5.74, 6) is -2.38. The van der Waals surface area contributed by atoms with Gasteiger partial charge in [0, 0.05) is 6.54 Å². The number of hydrogen-bond donors (Lipinski definition) is 3. The molecule has 78 valence electrons. The third-order valence-electron chi connectivity index (χ3n) is 1.36. The number of carboxylic acid groups (broad SMARTS) is 1. The first-order valence-corrected chi connectivity index (χ1v) is 3.89. The Hall–Kier alpha value is -0.810. The highest BCUT2D eigenvalue weighted by atomic mass is 35.5. The number of nitrogens with two attached hydrogens (primary N) is 1. The lowest BCUT2D eigenvalue weighted by atomic mass is 10.2. The van der Waals surface area contributed by atoms with E-state index in [-0.39, 0.29) is 12.4 Å². The van der Waals surface area contributed by atoms with Crippen LogP contribution in [0.3, 0.4) is 0 Å². The minimum atomic E-state index is -1.44. The monoisotopic (exact) mass is 210 g/mol. The van der Waals surface area contributed by atoms with E-state index in [0.717, 1.165) is 19.3 Å². The summed E-state index contributed by atoms with van der Waals surface area (Å²) in [6, 6.07) is 0. The predicted molar refractivity (Wildman–Crippen MR) is 50.8 cm³/mol. The number of aliphatic carboxylic acids is 1. The molecular formula is C7H15ClN2O3. The first-order valence-electron chi connectivity index (χ1n) is 3.89. The van der Waals surface area contributed by atoms with Crippen LogP contribution >= 0.6 is 12.4 Å². The number of carboxylic acids is 1. The Morgan fingerprint density at radius 1 is 1.23 bits per heavy atom. The Morgan fingerprint density at radius 2 is 1.85 bits per heavy atom. The summed E-state index contributed by atoms with van der Waals surface area (Å²) in [5.41, 5.74) is 5.24. The maximum atomic E-state index is 10.4. The number of halogens is 1. The van der Waals surface area contributed by atoms with E-state index >= 15 is 0 Å². The molecule has 0 fully saturated rings. The Morgan fingerprint density at radius 3 is 2.31 bits per heavy atom. The second-order valence-corrected chi connectivity index (χ2v) is 2.41. The lowest BCUT2D eigenvalue weighted by Gasteiger charge is -2.00. The fraction of sp³-hybridized carbons (Fsp3) is 0.714. The first-order chi connectivity index (χ1) is 5.68. The molecule has 0 unspecified atom stereocenters. The zero-order chi connectivity index (χ0) is 9.40. The van der Waals surface area contributed by atoms with Crippen LogP contribution in [0.4, 0.5) is 0 Å². The molecule has 0 heterocycles. The van der Waals surface area contributed by atoms with Crippen molar-refractivity contribution in [1.29, 1.82) is 0 Å². The van der Waals surface area contributed by atoms with Gasteiger partial charge in [0.2, 0.25) is 0 Å². The summed E-state index contributed by atoms with van der Waals surface area (Å²) in [6.07, 6.45) is 2.59. The van der Waals surface area contributed by atoms with Gasteiger partial charge in [-0.25, -0.2) is 4.79 Å². The molecule has 0 atom stereocenters. The van der Waals surface area contributed by atoms with Gasteiger partial charge in [-0.05, 0) is 19.4 Å². The largest absolute Gasteiger partial charge is 0.474 e. The Bertz CT molecular complexity index is 164. The van der Waals surface area contributed by atoms with Crippen LogP contribution in [0.5, 0.6) is 0 Å². The van der Waals surface area contributed by atoms with Crippen molar-refractivity contribution in [2.75, 3.05) is 13.1 Å². The van der Waals surface area contributed by atoms with Crippen molar-refractivity contribution in [3.63, 3.8) is 0 Å². The number of hydrogen-bond acceptors (Lipinski definition) is 3. The molecule has 5 nitrogen and oxygen atoms in total. The summed E-state index contributed by atoms with van der Waals surface area (Å²) in [7, 11) is 0. The number of carbonyl (C=O) groups excluding carboxylic acids is 1. The highest BCUT2D eigenvalue weighted by Gasteiger charge is 2.08. The second kappa shape index (κ2) is 9.28. The Kier molecular flexibility index (Phi) is 10.5. The van der Waals surface area contributed by atoms with E-state index in [4.69, 9.17) is 10.8 Å². The van der Waals surface area contributed by atoms with Gasteiger partial charge in [-0.1, -0.05) is 6.42 Å². The predicted octanol–water partition coefficient (Wildman–Crippen LogP) is -0.262. The van der Waals surface area contributed by atoms with E-state index in [1.54, 1.807) is 0 Å². The number of amides is 1. The number of carbonyl (C=O) groups is 2. The van der Waals surface area contributed by atoms with Crippen LogP contribution in [0, 0.1) is 0 Å². The number of nitrogens with one attached hydrogen (secondary N) is 1. The van der Waals surface area contributed by atoms with E-state index in [2.05, 4.69) is 5.32 Å². The molecule has 0 radical (unpaired) electrons. The third kappa shape index (κ3) is 9.10. The van der Waals surface area contributed by atoms with E-state index in [0.29, 0.717) is 13.1 Å². The van der Waals surface area contributed by atoms with Crippen LogP contribution in [-0.2, 0) is 9.59 Å². The SMILES string of the molecule is Cl.NCCCCCNC(=O)C(=O)O. The van der Waals surface area contributed by atoms with Gasteiger partial charge in [-0.15, -0.1) is 12.4 Å². The molecule has 0 aliphatic rings. The van der Waals surface area contributed by atoms with Gasteiger partial charge in [-0.3, -0.25) is 4.79 Å². The van der Waals surface area contributed by atoms with Crippen LogP contribution in [0.1, 0.15) is 19.3 Å². The quantitative estimate of drug-likeness (QED) is 0.431. The lowest BCUT2D eigenvalue weighted by Crippen LogP contribution is -2.31.